The average Bonchev–Trinajstić information content (AvgIpc) is 2.52. The molecular weight excluding hydrogens is 264 g/mol. The molecule has 0 saturated carbocycles. The van der Waals surface area contributed by atoms with Crippen molar-refractivity contribution in [3.63, 3.8) is 0 Å². The van der Waals surface area contributed by atoms with Gasteiger partial charge in [0.1, 0.15) is 0 Å². The maximum atomic E-state index is 10.2. The quantitative estimate of drug-likeness (QED) is 0.880. The number of ether oxygens (including phenoxy) is 2. The van der Waals surface area contributed by atoms with Crippen molar-refractivity contribution >= 4 is 0 Å². The number of hydrogen-bond acceptors (Lipinski definition) is 3. The Bertz CT molecular complexity index is 576. The Morgan fingerprint density at radius 3 is 2.24 bits per heavy atom. The Labute approximate surface area is 126 Å². The minimum absolute atomic E-state index is 0.446. The molecule has 0 aliphatic heterocycles. The van der Waals surface area contributed by atoms with Gasteiger partial charge in [-0.2, -0.15) is 0 Å². The highest BCUT2D eigenvalue weighted by molar-refractivity contribution is 5.43. The van der Waals surface area contributed by atoms with Gasteiger partial charge < -0.3 is 14.6 Å². The molecule has 3 heteroatoms. The van der Waals surface area contributed by atoms with Crippen LogP contribution >= 0.6 is 0 Å². The zero-order valence-electron chi connectivity index (χ0n) is 12.8. The second-order valence-electron chi connectivity index (χ2n) is 5.15. The second-order valence-corrected chi connectivity index (χ2v) is 5.15. The summed E-state index contributed by atoms with van der Waals surface area (Å²) in [7, 11) is 3.25. The van der Waals surface area contributed by atoms with Crippen molar-refractivity contribution in [1.29, 1.82) is 0 Å². The third-order valence-corrected chi connectivity index (χ3v) is 3.62. The first kappa shape index (κ1) is 15.4. The predicted molar refractivity (Wildman–Crippen MR) is 84.0 cm³/mol. The Kier molecular flexibility index (Phi) is 5.23. The third-order valence-electron chi connectivity index (χ3n) is 3.62. The summed E-state index contributed by atoms with van der Waals surface area (Å²) in [4.78, 5) is 0. The van der Waals surface area contributed by atoms with Gasteiger partial charge in [-0.3, -0.25) is 0 Å². The molecule has 2 rings (SSSR count). The standard InChI is InChI=1S/C18H22O3/c1-13-4-8-15(9-5-13)16(19)10-6-14-7-11-17(20-2)18(12-14)21-3/h4-5,7-9,11-12,16,19H,6,10H2,1-3H3. The smallest absolute Gasteiger partial charge is 0.160 e. The fourth-order valence-corrected chi connectivity index (χ4v) is 2.29. The van der Waals surface area contributed by atoms with Crippen molar-refractivity contribution < 1.29 is 14.6 Å². The lowest BCUT2D eigenvalue weighted by molar-refractivity contribution is 0.168. The number of aliphatic hydroxyl groups is 1. The highest BCUT2D eigenvalue weighted by Crippen LogP contribution is 2.29. The average molecular weight is 286 g/mol. The molecule has 1 N–H and O–H groups in total. The van der Waals surface area contributed by atoms with Gasteiger partial charge in [0.05, 0.1) is 20.3 Å². The summed E-state index contributed by atoms with van der Waals surface area (Å²) in [6.45, 7) is 2.04. The number of rotatable bonds is 6. The molecule has 21 heavy (non-hydrogen) atoms. The van der Waals surface area contributed by atoms with Crippen LogP contribution in [0.15, 0.2) is 42.5 Å². The lowest BCUT2D eigenvalue weighted by Gasteiger charge is -2.13. The Morgan fingerprint density at radius 1 is 0.952 bits per heavy atom. The maximum absolute atomic E-state index is 10.2. The summed E-state index contributed by atoms with van der Waals surface area (Å²) in [6.07, 6.45) is 1.02. The van der Waals surface area contributed by atoms with Gasteiger partial charge in [-0.15, -0.1) is 0 Å². The van der Waals surface area contributed by atoms with Crippen LogP contribution in [0.2, 0.25) is 0 Å². The van der Waals surface area contributed by atoms with Crippen molar-refractivity contribution in [2.75, 3.05) is 14.2 Å². The number of methoxy groups -OCH3 is 2. The largest absolute Gasteiger partial charge is 0.493 e. The van der Waals surface area contributed by atoms with Crippen molar-refractivity contribution in [2.45, 2.75) is 25.9 Å². The van der Waals surface area contributed by atoms with E-state index in [4.69, 9.17) is 9.47 Å². The van der Waals surface area contributed by atoms with E-state index in [-0.39, 0.29) is 0 Å². The van der Waals surface area contributed by atoms with Crippen LogP contribution in [0, 0.1) is 6.92 Å². The van der Waals surface area contributed by atoms with E-state index in [1.807, 2.05) is 49.4 Å². The van der Waals surface area contributed by atoms with E-state index in [9.17, 15) is 5.11 Å². The molecule has 0 bridgehead atoms. The molecule has 2 aromatic rings. The van der Waals surface area contributed by atoms with E-state index in [0.717, 1.165) is 29.0 Å². The van der Waals surface area contributed by atoms with Gasteiger partial charge in [0, 0.05) is 0 Å². The van der Waals surface area contributed by atoms with Crippen molar-refractivity contribution in [3.8, 4) is 11.5 Å². The third kappa shape index (κ3) is 3.99. The molecule has 0 aromatic heterocycles. The van der Waals surface area contributed by atoms with E-state index in [2.05, 4.69) is 0 Å². The van der Waals surface area contributed by atoms with Gasteiger partial charge >= 0.3 is 0 Å². The summed E-state index contributed by atoms with van der Waals surface area (Å²) in [5.41, 5.74) is 3.28. The molecule has 0 spiro atoms. The van der Waals surface area contributed by atoms with Gasteiger partial charge in [-0.25, -0.2) is 0 Å². The number of hydrogen-bond donors (Lipinski definition) is 1. The highest BCUT2D eigenvalue weighted by atomic mass is 16.5. The first-order chi connectivity index (χ1) is 10.1. The van der Waals surface area contributed by atoms with E-state index in [0.29, 0.717) is 6.42 Å². The number of benzene rings is 2. The van der Waals surface area contributed by atoms with Crippen molar-refractivity contribution in [3.05, 3.63) is 59.2 Å². The van der Waals surface area contributed by atoms with Crippen LogP contribution in [0.5, 0.6) is 11.5 Å². The first-order valence-corrected chi connectivity index (χ1v) is 7.09. The molecule has 0 fully saturated rings. The lowest BCUT2D eigenvalue weighted by Crippen LogP contribution is -2.00. The number of aliphatic hydroxyl groups excluding tert-OH is 1. The normalized spacial score (nSPS) is 12.0. The topological polar surface area (TPSA) is 38.7 Å². The number of aryl methyl sites for hydroxylation is 2. The Morgan fingerprint density at radius 2 is 1.62 bits per heavy atom. The van der Waals surface area contributed by atoms with Gasteiger partial charge in [-0.05, 0) is 43.0 Å². The van der Waals surface area contributed by atoms with E-state index in [1.165, 1.54) is 5.56 Å². The van der Waals surface area contributed by atoms with E-state index in [1.54, 1.807) is 14.2 Å². The highest BCUT2D eigenvalue weighted by Gasteiger charge is 2.09. The molecule has 0 amide bonds. The molecule has 0 radical (unpaired) electrons. The fraction of sp³-hybridized carbons (Fsp3) is 0.333. The summed E-state index contributed by atoms with van der Waals surface area (Å²) < 4.78 is 10.5. The predicted octanol–water partition coefficient (Wildman–Crippen LogP) is 3.68. The molecule has 0 heterocycles. The van der Waals surface area contributed by atoms with Crippen molar-refractivity contribution in [2.24, 2.45) is 0 Å². The molecule has 0 saturated heterocycles. The zero-order chi connectivity index (χ0) is 15.2. The summed E-state index contributed by atoms with van der Waals surface area (Å²) >= 11 is 0. The molecule has 0 aliphatic rings. The van der Waals surface area contributed by atoms with Crippen LogP contribution in [0.3, 0.4) is 0 Å². The Balaban J connectivity index is 2.00. The zero-order valence-corrected chi connectivity index (χ0v) is 12.8. The molecule has 0 aliphatic carbocycles. The monoisotopic (exact) mass is 286 g/mol. The van der Waals surface area contributed by atoms with Crippen LogP contribution in [0.4, 0.5) is 0 Å². The van der Waals surface area contributed by atoms with Gasteiger partial charge in [0.15, 0.2) is 11.5 Å². The van der Waals surface area contributed by atoms with Crippen LogP contribution in [-0.4, -0.2) is 19.3 Å². The molecule has 2 aromatic carbocycles. The van der Waals surface area contributed by atoms with Crippen LogP contribution in [-0.2, 0) is 6.42 Å². The van der Waals surface area contributed by atoms with E-state index >= 15 is 0 Å². The van der Waals surface area contributed by atoms with Crippen LogP contribution in [0.25, 0.3) is 0 Å². The first-order valence-electron chi connectivity index (χ1n) is 7.09. The molecular formula is C18H22O3. The van der Waals surface area contributed by atoms with Crippen LogP contribution in [0.1, 0.15) is 29.2 Å². The minimum Gasteiger partial charge on any atom is -0.493 e. The van der Waals surface area contributed by atoms with Gasteiger partial charge in [0.2, 0.25) is 0 Å². The molecule has 1 atom stereocenters. The fourth-order valence-electron chi connectivity index (χ4n) is 2.29. The second kappa shape index (κ2) is 7.14. The molecule has 3 nitrogen and oxygen atoms in total. The van der Waals surface area contributed by atoms with E-state index < -0.39 is 6.10 Å². The van der Waals surface area contributed by atoms with Gasteiger partial charge in [0.25, 0.3) is 0 Å². The summed E-state index contributed by atoms with van der Waals surface area (Å²) in [5.74, 6) is 1.44. The summed E-state index contributed by atoms with van der Waals surface area (Å²) in [6, 6.07) is 13.9. The maximum Gasteiger partial charge on any atom is 0.160 e. The van der Waals surface area contributed by atoms with Gasteiger partial charge in [-0.1, -0.05) is 35.9 Å². The molecule has 112 valence electrons. The van der Waals surface area contributed by atoms with Crippen molar-refractivity contribution in [1.82, 2.24) is 0 Å². The summed E-state index contributed by atoms with van der Waals surface area (Å²) in [5, 5.41) is 10.2. The lowest BCUT2D eigenvalue weighted by atomic mass is 10.0. The molecule has 1 unspecified atom stereocenters. The Hall–Kier alpha value is -2.00. The van der Waals surface area contributed by atoms with Crippen LogP contribution < -0.4 is 9.47 Å². The minimum atomic E-state index is -0.446. The SMILES string of the molecule is COc1ccc(CCC(O)c2ccc(C)cc2)cc1OC.